The molecule has 1 rings (SSSR count). The Hall–Kier alpha value is -1.23. The molecule has 0 aliphatic carbocycles. The lowest BCUT2D eigenvalue weighted by Crippen LogP contribution is -2.13. The predicted molar refractivity (Wildman–Crippen MR) is 67.6 cm³/mol. The van der Waals surface area contributed by atoms with E-state index in [4.69, 9.17) is 9.84 Å². The molecule has 94 valence electrons. The van der Waals surface area contributed by atoms with Crippen LogP contribution < -0.4 is 4.74 Å². The van der Waals surface area contributed by atoms with Crippen LogP contribution in [0.4, 0.5) is 0 Å². The van der Waals surface area contributed by atoms with Crippen LogP contribution in [0.3, 0.4) is 0 Å². The van der Waals surface area contributed by atoms with Crippen molar-refractivity contribution in [3.63, 3.8) is 0 Å². The van der Waals surface area contributed by atoms with Gasteiger partial charge >= 0.3 is 5.97 Å². The maximum Gasteiger partial charge on any atom is 0.306 e. The Morgan fingerprint density at radius 2 is 2.18 bits per heavy atom. The van der Waals surface area contributed by atoms with E-state index in [1.807, 2.05) is 6.92 Å². The summed E-state index contributed by atoms with van der Waals surface area (Å²) in [5, 5.41) is 18.9. The topological polar surface area (TPSA) is 66.8 Å². The summed E-state index contributed by atoms with van der Waals surface area (Å²) >= 11 is 3.36. The Bertz CT molecular complexity index is 443. The summed E-state index contributed by atoms with van der Waals surface area (Å²) in [5.41, 5.74) is 1.46. The quantitative estimate of drug-likeness (QED) is 0.897. The Morgan fingerprint density at radius 3 is 2.65 bits per heavy atom. The summed E-state index contributed by atoms with van der Waals surface area (Å²) in [7, 11) is 1.47. The minimum absolute atomic E-state index is 0.00178. The lowest BCUT2D eigenvalue weighted by Gasteiger charge is -2.15. The van der Waals surface area contributed by atoms with E-state index in [-0.39, 0.29) is 12.2 Å². The van der Waals surface area contributed by atoms with Gasteiger partial charge in [0.15, 0.2) is 11.5 Å². The van der Waals surface area contributed by atoms with Crippen LogP contribution in [-0.2, 0) is 11.2 Å². The Morgan fingerprint density at radius 1 is 1.59 bits per heavy atom. The zero-order chi connectivity index (χ0) is 13.2. The number of aromatic hydroxyl groups is 1. The van der Waals surface area contributed by atoms with E-state index in [1.165, 1.54) is 7.11 Å². The highest BCUT2D eigenvalue weighted by Crippen LogP contribution is 2.38. The minimum atomic E-state index is -0.892. The average Bonchev–Trinajstić information content (AvgIpc) is 2.28. The summed E-state index contributed by atoms with van der Waals surface area (Å²) in [5.74, 6) is -1.10. The number of aryl methyl sites for hydroxylation is 1. The fourth-order valence-electron chi connectivity index (χ4n) is 1.55. The second kappa shape index (κ2) is 5.40. The van der Waals surface area contributed by atoms with E-state index in [0.717, 1.165) is 10.0 Å². The number of carboxylic acids is 1. The first-order chi connectivity index (χ1) is 7.88. The Labute approximate surface area is 108 Å². The number of carbonyl (C=O) groups is 1. The van der Waals surface area contributed by atoms with Gasteiger partial charge in [-0.2, -0.15) is 0 Å². The van der Waals surface area contributed by atoms with Crippen molar-refractivity contribution in [2.45, 2.75) is 20.3 Å². The van der Waals surface area contributed by atoms with Gasteiger partial charge in [-0.1, -0.05) is 22.9 Å². The van der Waals surface area contributed by atoms with Gasteiger partial charge in [0.2, 0.25) is 0 Å². The molecule has 4 nitrogen and oxygen atoms in total. The van der Waals surface area contributed by atoms with E-state index in [9.17, 15) is 9.90 Å². The third kappa shape index (κ3) is 2.91. The van der Waals surface area contributed by atoms with Crippen molar-refractivity contribution in [3.8, 4) is 11.5 Å². The van der Waals surface area contributed by atoms with Gasteiger partial charge in [0.1, 0.15) is 0 Å². The molecule has 2 N–H and O–H groups in total. The van der Waals surface area contributed by atoms with E-state index < -0.39 is 11.9 Å². The van der Waals surface area contributed by atoms with Gasteiger partial charge in [-0.05, 0) is 25.0 Å². The second-order valence-corrected chi connectivity index (χ2v) is 4.77. The largest absolute Gasteiger partial charge is 0.504 e. The smallest absolute Gasteiger partial charge is 0.306 e. The number of rotatable bonds is 4. The van der Waals surface area contributed by atoms with Crippen molar-refractivity contribution < 1.29 is 19.7 Å². The number of ether oxygens (including phenoxy) is 1. The van der Waals surface area contributed by atoms with Gasteiger partial charge < -0.3 is 14.9 Å². The van der Waals surface area contributed by atoms with Crippen molar-refractivity contribution in [3.05, 3.63) is 21.7 Å². The number of phenolic OH excluding ortho intramolecular Hbond substituents is 1. The predicted octanol–water partition coefficient (Wildman–Crippen LogP) is 2.73. The highest BCUT2D eigenvalue weighted by atomic mass is 79.9. The van der Waals surface area contributed by atoms with Crippen molar-refractivity contribution in [1.82, 2.24) is 0 Å². The monoisotopic (exact) mass is 302 g/mol. The summed E-state index contributed by atoms with van der Waals surface area (Å²) < 4.78 is 5.77. The maximum atomic E-state index is 10.8. The molecule has 0 aromatic heterocycles. The van der Waals surface area contributed by atoms with Crippen LogP contribution in [-0.4, -0.2) is 23.3 Å². The first-order valence-corrected chi connectivity index (χ1v) is 5.95. The number of aliphatic carboxylic acids is 1. The highest BCUT2D eigenvalue weighted by Gasteiger charge is 2.20. The molecular formula is C12H15BrO4. The van der Waals surface area contributed by atoms with Gasteiger partial charge in [-0.15, -0.1) is 0 Å². The normalized spacial score (nSPS) is 12.2. The Balaban J connectivity index is 3.22. The number of hydrogen-bond acceptors (Lipinski definition) is 3. The molecule has 0 spiro atoms. The highest BCUT2D eigenvalue weighted by molar-refractivity contribution is 9.10. The second-order valence-electron chi connectivity index (χ2n) is 3.98. The number of benzene rings is 1. The molecule has 0 amide bonds. The average molecular weight is 303 g/mol. The SMILES string of the molecule is COc1cc(C)c(Br)c(CC(C)C(=O)O)c1O. The lowest BCUT2D eigenvalue weighted by atomic mass is 9.98. The van der Waals surface area contributed by atoms with Crippen LogP contribution in [0.1, 0.15) is 18.1 Å². The molecule has 0 bridgehead atoms. The van der Waals surface area contributed by atoms with E-state index in [1.54, 1.807) is 13.0 Å². The first kappa shape index (κ1) is 13.8. The summed E-state index contributed by atoms with van der Waals surface area (Å²) in [4.78, 5) is 10.8. The third-order valence-corrected chi connectivity index (χ3v) is 3.73. The van der Waals surface area contributed by atoms with Crippen molar-refractivity contribution in [2.24, 2.45) is 5.92 Å². The molecule has 1 atom stereocenters. The van der Waals surface area contributed by atoms with Crippen LogP contribution in [0.5, 0.6) is 11.5 Å². The molecule has 1 unspecified atom stereocenters. The molecule has 0 aliphatic rings. The van der Waals surface area contributed by atoms with E-state index in [0.29, 0.717) is 11.3 Å². The molecule has 0 heterocycles. The summed E-state index contributed by atoms with van der Waals surface area (Å²) in [6, 6.07) is 1.70. The van der Waals surface area contributed by atoms with Crippen LogP contribution in [0, 0.1) is 12.8 Å². The first-order valence-electron chi connectivity index (χ1n) is 5.16. The van der Waals surface area contributed by atoms with Gasteiger partial charge in [0, 0.05) is 10.0 Å². The number of hydrogen-bond donors (Lipinski definition) is 2. The number of carboxylic acid groups (broad SMARTS) is 1. The molecule has 0 saturated carbocycles. The number of phenols is 1. The molecule has 5 heteroatoms. The summed E-state index contributed by atoms with van der Waals surface area (Å²) in [6.07, 6.45) is 0.250. The van der Waals surface area contributed by atoms with Gasteiger partial charge in [-0.3, -0.25) is 4.79 Å². The van der Waals surface area contributed by atoms with Crippen LogP contribution in [0.25, 0.3) is 0 Å². The van der Waals surface area contributed by atoms with Crippen LogP contribution >= 0.6 is 15.9 Å². The fourth-order valence-corrected chi connectivity index (χ4v) is 2.02. The van der Waals surface area contributed by atoms with E-state index in [2.05, 4.69) is 15.9 Å². The molecule has 0 aliphatic heterocycles. The standard InChI is InChI=1S/C12H15BrO4/c1-6-5-9(17-3)11(14)8(10(6)13)4-7(2)12(15)16/h5,7,14H,4H2,1-3H3,(H,15,16). The molecule has 1 aromatic rings. The van der Waals surface area contributed by atoms with Crippen LogP contribution in [0.15, 0.2) is 10.5 Å². The van der Waals surface area contributed by atoms with Crippen molar-refractivity contribution in [1.29, 1.82) is 0 Å². The minimum Gasteiger partial charge on any atom is -0.504 e. The third-order valence-electron chi connectivity index (χ3n) is 2.63. The van der Waals surface area contributed by atoms with Gasteiger partial charge in [-0.25, -0.2) is 0 Å². The molecule has 1 aromatic carbocycles. The zero-order valence-electron chi connectivity index (χ0n) is 9.95. The lowest BCUT2D eigenvalue weighted by molar-refractivity contribution is -0.141. The Kier molecular flexibility index (Phi) is 4.40. The van der Waals surface area contributed by atoms with E-state index >= 15 is 0 Å². The number of halogens is 1. The van der Waals surface area contributed by atoms with Gasteiger partial charge in [0.05, 0.1) is 13.0 Å². The van der Waals surface area contributed by atoms with Crippen molar-refractivity contribution >= 4 is 21.9 Å². The number of methoxy groups -OCH3 is 1. The zero-order valence-corrected chi connectivity index (χ0v) is 11.5. The van der Waals surface area contributed by atoms with Gasteiger partial charge in [0.25, 0.3) is 0 Å². The van der Waals surface area contributed by atoms with Crippen LogP contribution in [0.2, 0.25) is 0 Å². The molecule has 0 fully saturated rings. The molecule has 17 heavy (non-hydrogen) atoms. The maximum absolute atomic E-state index is 10.8. The fraction of sp³-hybridized carbons (Fsp3) is 0.417. The molecule has 0 saturated heterocycles. The van der Waals surface area contributed by atoms with Crippen molar-refractivity contribution in [2.75, 3.05) is 7.11 Å². The molecular weight excluding hydrogens is 288 g/mol. The molecule has 0 radical (unpaired) electrons. The summed E-state index contributed by atoms with van der Waals surface area (Å²) in [6.45, 7) is 3.46.